The van der Waals surface area contributed by atoms with Gasteiger partial charge in [-0.2, -0.15) is 0 Å². The predicted octanol–water partition coefficient (Wildman–Crippen LogP) is 2.43. The summed E-state index contributed by atoms with van der Waals surface area (Å²) in [6.45, 7) is 0. The summed E-state index contributed by atoms with van der Waals surface area (Å²) in [5.41, 5.74) is 5.93. The van der Waals surface area contributed by atoms with E-state index in [4.69, 9.17) is 5.84 Å². The highest BCUT2D eigenvalue weighted by atomic mass is 15.3. The molecule has 1 aromatic carbocycles. The molecule has 0 saturated carbocycles. The molecule has 0 radical (unpaired) electrons. The van der Waals surface area contributed by atoms with Gasteiger partial charge in [0.2, 0.25) is 0 Å². The maximum Gasteiger partial charge on any atom is 0.126 e. The van der Waals surface area contributed by atoms with Gasteiger partial charge in [-0.25, -0.2) is 10.4 Å². The lowest BCUT2D eigenvalue weighted by molar-refractivity contribution is 0.406. The third kappa shape index (κ3) is 2.49. The van der Waals surface area contributed by atoms with Gasteiger partial charge in [0.15, 0.2) is 0 Å². The minimum absolute atomic E-state index is 0.103. The lowest BCUT2D eigenvalue weighted by atomic mass is 9.79. The van der Waals surface area contributed by atoms with E-state index in [9.17, 15) is 0 Å². The van der Waals surface area contributed by atoms with Crippen LogP contribution >= 0.6 is 0 Å². The molecular formula is C16H22N4. The van der Waals surface area contributed by atoms with Crippen molar-refractivity contribution in [3.8, 4) is 0 Å². The number of hydrazine groups is 1. The first kappa shape index (κ1) is 13.3. The van der Waals surface area contributed by atoms with E-state index in [1.807, 2.05) is 24.0 Å². The van der Waals surface area contributed by atoms with E-state index in [0.717, 1.165) is 12.2 Å². The number of aromatic nitrogens is 2. The lowest BCUT2D eigenvalue weighted by Crippen LogP contribution is -2.31. The van der Waals surface area contributed by atoms with Crippen molar-refractivity contribution in [2.24, 2.45) is 12.9 Å². The third-order valence-electron chi connectivity index (χ3n) is 4.39. The van der Waals surface area contributed by atoms with Crippen molar-refractivity contribution in [3.63, 3.8) is 0 Å². The highest BCUT2D eigenvalue weighted by Gasteiger charge is 2.25. The molecule has 2 atom stereocenters. The Bertz CT molecular complexity index is 575. The fourth-order valence-electron chi connectivity index (χ4n) is 3.34. The molecule has 2 aromatic rings. The van der Waals surface area contributed by atoms with Crippen molar-refractivity contribution in [1.82, 2.24) is 15.0 Å². The Labute approximate surface area is 120 Å². The second-order valence-corrected chi connectivity index (χ2v) is 5.64. The van der Waals surface area contributed by atoms with Crippen molar-refractivity contribution in [2.75, 3.05) is 0 Å². The minimum Gasteiger partial charge on any atom is -0.337 e. The van der Waals surface area contributed by atoms with Gasteiger partial charge < -0.3 is 4.57 Å². The number of fused-ring (bicyclic) bond motifs is 1. The number of nitrogens with zero attached hydrogens (tertiary/aromatic N) is 2. The van der Waals surface area contributed by atoms with E-state index >= 15 is 0 Å². The van der Waals surface area contributed by atoms with Gasteiger partial charge in [-0.05, 0) is 42.7 Å². The van der Waals surface area contributed by atoms with Gasteiger partial charge in [-0.15, -0.1) is 0 Å². The Morgan fingerprint density at radius 2 is 2.30 bits per heavy atom. The highest BCUT2D eigenvalue weighted by Crippen LogP contribution is 2.37. The van der Waals surface area contributed by atoms with E-state index in [-0.39, 0.29) is 6.04 Å². The molecular weight excluding hydrogens is 248 g/mol. The predicted molar refractivity (Wildman–Crippen MR) is 80.0 cm³/mol. The maximum absolute atomic E-state index is 5.77. The number of rotatable bonds is 4. The average Bonchev–Trinajstić information content (AvgIpc) is 2.91. The Morgan fingerprint density at radius 1 is 1.45 bits per heavy atom. The molecule has 20 heavy (non-hydrogen) atoms. The largest absolute Gasteiger partial charge is 0.337 e. The normalized spacial score (nSPS) is 19.6. The SMILES string of the molecule is Cn1ccnc1C(CC1CCCc2ccccc21)NN. The standard InChI is InChI=1S/C16H22N4/c1-20-10-9-18-16(20)15(19-17)11-13-7-4-6-12-5-2-3-8-14(12)13/h2-3,5,8-10,13,15,19H,4,6-7,11,17H2,1H3. The van der Waals surface area contributed by atoms with Gasteiger partial charge in [0.25, 0.3) is 0 Å². The van der Waals surface area contributed by atoms with Crippen LogP contribution < -0.4 is 11.3 Å². The first-order valence-corrected chi connectivity index (χ1v) is 7.30. The van der Waals surface area contributed by atoms with Crippen LogP contribution in [0.15, 0.2) is 36.7 Å². The summed E-state index contributed by atoms with van der Waals surface area (Å²) in [5, 5.41) is 0. The molecule has 3 N–H and O–H groups in total. The van der Waals surface area contributed by atoms with Crippen molar-refractivity contribution in [3.05, 3.63) is 53.6 Å². The van der Waals surface area contributed by atoms with E-state index in [1.165, 1.54) is 30.4 Å². The smallest absolute Gasteiger partial charge is 0.126 e. The summed E-state index contributed by atoms with van der Waals surface area (Å²) in [4.78, 5) is 4.43. The topological polar surface area (TPSA) is 55.9 Å². The number of nitrogens with one attached hydrogen (secondary N) is 1. The summed E-state index contributed by atoms with van der Waals surface area (Å²) in [5.74, 6) is 7.34. The molecule has 1 aliphatic rings. The molecule has 3 rings (SSSR count). The summed E-state index contributed by atoms with van der Waals surface area (Å²) < 4.78 is 2.04. The maximum atomic E-state index is 5.77. The van der Waals surface area contributed by atoms with Gasteiger partial charge in [0.1, 0.15) is 5.82 Å². The van der Waals surface area contributed by atoms with Crippen LogP contribution in [0.3, 0.4) is 0 Å². The number of hydrogen-bond acceptors (Lipinski definition) is 3. The van der Waals surface area contributed by atoms with Gasteiger partial charge >= 0.3 is 0 Å². The van der Waals surface area contributed by atoms with Gasteiger partial charge in [0.05, 0.1) is 6.04 Å². The number of nitrogens with two attached hydrogens (primary N) is 1. The summed E-state index contributed by atoms with van der Waals surface area (Å²) in [6, 6.07) is 8.91. The van der Waals surface area contributed by atoms with E-state index in [1.54, 1.807) is 0 Å². The molecule has 0 aliphatic heterocycles. The summed E-state index contributed by atoms with van der Waals surface area (Å²) >= 11 is 0. The van der Waals surface area contributed by atoms with Crippen molar-refractivity contribution < 1.29 is 0 Å². The molecule has 0 saturated heterocycles. The van der Waals surface area contributed by atoms with Crippen LogP contribution in [-0.4, -0.2) is 9.55 Å². The number of benzene rings is 1. The first-order valence-electron chi connectivity index (χ1n) is 7.30. The molecule has 1 aromatic heterocycles. The number of imidazole rings is 1. The average molecular weight is 270 g/mol. The Hall–Kier alpha value is -1.65. The van der Waals surface area contributed by atoms with Gasteiger partial charge in [0, 0.05) is 19.4 Å². The fourth-order valence-corrected chi connectivity index (χ4v) is 3.34. The molecule has 4 heteroatoms. The molecule has 106 valence electrons. The van der Waals surface area contributed by atoms with E-state index in [2.05, 4.69) is 34.7 Å². The number of hydrogen-bond donors (Lipinski definition) is 2. The zero-order chi connectivity index (χ0) is 13.9. The van der Waals surface area contributed by atoms with Crippen molar-refractivity contribution >= 4 is 0 Å². The van der Waals surface area contributed by atoms with Crippen molar-refractivity contribution in [1.29, 1.82) is 0 Å². The quantitative estimate of drug-likeness (QED) is 0.662. The lowest BCUT2D eigenvalue weighted by Gasteiger charge is -2.28. The van der Waals surface area contributed by atoms with E-state index < -0.39 is 0 Å². The molecule has 0 bridgehead atoms. The monoisotopic (exact) mass is 270 g/mol. The van der Waals surface area contributed by atoms with E-state index in [0.29, 0.717) is 5.92 Å². The number of aryl methyl sites for hydroxylation is 2. The van der Waals surface area contributed by atoms with Crippen LogP contribution in [0.1, 0.15) is 48.2 Å². The molecule has 1 aliphatic carbocycles. The van der Waals surface area contributed by atoms with Gasteiger partial charge in [-0.1, -0.05) is 24.3 Å². The molecule has 4 nitrogen and oxygen atoms in total. The van der Waals surface area contributed by atoms with Crippen LogP contribution in [0.25, 0.3) is 0 Å². The van der Waals surface area contributed by atoms with Crippen LogP contribution in [0, 0.1) is 0 Å². The molecule has 0 amide bonds. The molecule has 0 spiro atoms. The Morgan fingerprint density at radius 3 is 3.05 bits per heavy atom. The second kappa shape index (κ2) is 5.77. The fraction of sp³-hybridized carbons (Fsp3) is 0.438. The summed E-state index contributed by atoms with van der Waals surface area (Å²) in [7, 11) is 2.02. The van der Waals surface area contributed by atoms with Crippen LogP contribution in [-0.2, 0) is 13.5 Å². The first-order chi connectivity index (χ1) is 9.79. The second-order valence-electron chi connectivity index (χ2n) is 5.64. The van der Waals surface area contributed by atoms with Crippen molar-refractivity contribution in [2.45, 2.75) is 37.6 Å². The van der Waals surface area contributed by atoms with Gasteiger partial charge in [-0.3, -0.25) is 5.84 Å². The zero-order valence-electron chi connectivity index (χ0n) is 11.9. The zero-order valence-corrected chi connectivity index (χ0v) is 11.9. The minimum atomic E-state index is 0.103. The highest BCUT2D eigenvalue weighted by molar-refractivity contribution is 5.32. The summed E-state index contributed by atoms with van der Waals surface area (Å²) in [6.07, 6.45) is 8.50. The third-order valence-corrected chi connectivity index (χ3v) is 4.39. The Balaban J connectivity index is 1.82. The van der Waals surface area contributed by atoms with Crippen LogP contribution in [0.2, 0.25) is 0 Å². The van der Waals surface area contributed by atoms with Crippen LogP contribution in [0.5, 0.6) is 0 Å². The molecule has 2 unspecified atom stereocenters. The molecule has 0 fully saturated rings. The Kier molecular flexibility index (Phi) is 3.85. The van der Waals surface area contributed by atoms with Crippen LogP contribution in [0.4, 0.5) is 0 Å². The molecule has 1 heterocycles.